The number of carbonyl (C=O) groups excluding carboxylic acids is 1. The van der Waals surface area contributed by atoms with E-state index in [2.05, 4.69) is 22.5 Å². The first-order chi connectivity index (χ1) is 12.6. The summed E-state index contributed by atoms with van der Waals surface area (Å²) in [6, 6.07) is 13.0. The summed E-state index contributed by atoms with van der Waals surface area (Å²) >= 11 is 3.47. The van der Waals surface area contributed by atoms with Crippen molar-refractivity contribution in [2.24, 2.45) is 0 Å². The summed E-state index contributed by atoms with van der Waals surface area (Å²) < 4.78 is 16.8. The number of esters is 1. The maximum Gasteiger partial charge on any atom is 0.343 e. The van der Waals surface area contributed by atoms with Gasteiger partial charge in [0.05, 0.1) is 17.2 Å². The van der Waals surface area contributed by atoms with Gasteiger partial charge in [-0.25, -0.2) is 4.79 Å². The third kappa shape index (κ3) is 4.06. The molecule has 1 aliphatic rings. The van der Waals surface area contributed by atoms with E-state index in [-0.39, 0.29) is 5.97 Å². The van der Waals surface area contributed by atoms with Crippen LogP contribution >= 0.6 is 15.9 Å². The molecule has 0 fully saturated rings. The van der Waals surface area contributed by atoms with Crippen molar-refractivity contribution < 1.29 is 19.0 Å². The molecule has 0 bridgehead atoms. The molecule has 5 heteroatoms. The molecule has 0 spiro atoms. The first kappa shape index (κ1) is 18.0. The Morgan fingerprint density at radius 3 is 2.62 bits per heavy atom. The van der Waals surface area contributed by atoms with Crippen LogP contribution in [0.1, 0.15) is 11.1 Å². The van der Waals surface area contributed by atoms with Crippen molar-refractivity contribution >= 4 is 33.7 Å². The van der Waals surface area contributed by atoms with Crippen LogP contribution in [0.4, 0.5) is 0 Å². The van der Waals surface area contributed by atoms with Crippen LogP contribution < -0.4 is 9.47 Å². The Bertz CT molecular complexity index is 895. The monoisotopic (exact) mass is 412 g/mol. The molecule has 1 heterocycles. The topological polar surface area (TPSA) is 44.8 Å². The number of ether oxygens (including phenoxy) is 3. The Morgan fingerprint density at radius 2 is 1.96 bits per heavy atom. The van der Waals surface area contributed by atoms with Crippen molar-refractivity contribution in [2.45, 2.75) is 0 Å². The van der Waals surface area contributed by atoms with E-state index in [0.717, 1.165) is 27.1 Å². The third-order valence-corrected chi connectivity index (χ3v) is 4.35. The third-order valence-electron chi connectivity index (χ3n) is 3.73. The molecule has 1 aliphatic heterocycles. The van der Waals surface area contributed by atoms with Gasteiger partial charge in [0, 0.05) is 5.56 Å². The number of cyclic esters (lactones) is 1. The van der Waals surface area contributed by atoms with Crippen molar-refractivity contribution in [2.75, 3.05) is 13.7 Å². The predicted octanol–water partition coefficient (Wildman–Crippen LogP) is 5.00. The van der Waals surface area contributed by atoms with Gasteiger partial charge in [0.2, 0.25) is 0 Å². The SMILES string of the molecule is C=CCOc1ccc(/C=C2\C=C(c3ccc(OC)cc3)OC2=O)cc1Br. The molecule has 2 aromatic carbocycles. The number of methoxy groups -OCH3 is 1. The molecule has 26 heavy (non-hydrogen) atoms. The highest BCUT2D eigenvalue weighted by Crippen LogP contribution is 2.31. The van der Waals surface area contributed by atoms with Crippen LogP contribution in [-0.2, 0) is 9.53 Å². The second kappa shape index (κ2) is 8.06. The van der Waals surface area contributed by atoms with Crippen LogP contribution in [0.3, 0.4) is 0 Å². The maximum atomic E-state index is 12.2. The van der Waals surface area contributed by atoms with Gasteiger partial charge in [-0.2, -0.15) is 0 Å². The highest BCUT2D eigenvalue weighted by atomic mass is 79.9. The Morgan fingerprint density at radius 1 is 1.19 bits per heavy atom. The molecule has 0 saturated heterocycles. The fraction of sp³-hybridized carbons (Fsp3) is 0.0952. The molecule has 0 radical (unpaired) electrons. The lowest BCUT2D eigenvalue weighted by atomic mass is 10.1. The molecule has 0 N–H and O–H groups in total. The molecule has 2 aromatic rings. The van der Waals surface area contributed by atoms with E-state index in [0.29, 0.717) is 17.9 Å². The molecule has 0 saturated carbocycles. The number of rotatable bonds is 6. The largest absolute Gasteiger partial charge is 0.497 e. The molecular formula is C21H17BrO4. The second-order valence-corrected chi connectivity index (χ2v) is 6.37. The summed E-state index contributed by atoms with van der Waals surface area (Å²) in [5.74, 6) is 1.61. The molecule has 3 rings (SSSR count). The molecule has 0 aromatic heterocycles. The molecule has 0 aliphatic carbocycles. The lowest BCUT2D eigenvalue weighted by Gasteiger charge is -2.06. The number of hydrogen-bond donors (Lipinski definition) is 0. The molecule has 132 valence electrons. The van der Waals surface area contributed by atoms with Gasteiger partial charge >= 0.3 is 5.97 Å². The number of carbonyl (C=O) groups is 1. The quantitative estimate of drug-likeness (QED) is 0.380. The highest BCUT2D eigenvalue weighted by Gasteiger charge is 2.22. The van der Waals surface area contributed by atoms with Crippen molar-refractivity contribution in [3.8, 4) is 11.5 Å². The number of benzene rings is 2. The van der Waals surface area contributed by atoms with Gasteiger partial charge in [0.15, 0.2) is 0 Å². The predicted molar refractivity (Wildman–Crippen MR) is 105 cm³/mol. The first-order valence-corrected chi connectivity index (χ1v) is 8.73. The second-order valence-electron chi connectivity index (χ2n) is 5.52. The maximum absolute atomic E-state index is 12.2. The zero-order chi connectivity index (χ0) is 18.5. The first-order valence-electron chi connectivity index (χ1n) is 7.94. The average molecular weight is 413 g/mol. The van der Waals surface area contributed by atoms with Crippen LogP contribution in [0.25, 0.3) is 11.8 Å². The smallest absolute Gasteiger partial charge is 0.343 e. The van der Waals surface area contributed by atoms with E-state index in [1.165, 1.54) is 0 Å². The van der Waals surface area contributed by atoms with Crippen molar-refractivity contribution in [3.63, 3.8) is 0 Å². The highest BCUT2D eigenvalue weighted by molar-refractivity contribution is 9.10. The molecule has 0 unspecified atom stereocenters. The summed E-state index contributed by atoms with van der Waals surface area (Å²) in [6.07, 6.45) is 5.20. The lowest BCUT2D eigenvalue weighted by molar-refractivity contribution is -0.130. The van der Waals surface area contributed by atoms with Crippen molar-refractivity contribution in [1.29, 1.82) is 0 Å². The Labute approximate surface area is 160 Å². The van der Waals surface area contributed by atoms with E-state index < -0.39 is 0 Å². The lowest BCUT2D eigenvalue weighted by Crippen LogP contribution is -1.97. The summed E-state index contributed by atoms with van der Waals surface area (Å²) in [6.45, 7) is 4.06. The minimum absolute atomic E-state index is 0.376. The zero-order valence-electron chi connectivity index (χ0n) is 14.2. The van der Waals surface area contributed by atoms with Crippen molar-refractivity contribution in [1.82, 2.24) is 0 Å². The van der Waals surface area contributed by atoms with Crippen molar-refractivity contribution in [3.05, 3.63) is 82.4 Å². The summed E-state index contributed by atoms with van der Waals surface area (Å²) in [5.41, 5.74) is 2.17. The normalized spacial score (nSPS) is 14.8. The summed E-state index contributed by atoms with van der Waals surface area (Å²) in [7, 11) is 1.61. The Kier molecular flexibility index (Phi) is 5.58. The van der Waals surface area contributed by atoms with Crippen LogP contribution in [0, 0.1) is 0 Å². The van der Waals surface area contributed by atoms with E-state index in [4.69, 9.17) is 14.2 Å². The summed E-state index contributed by atoms with van der Waals surface area (Å²) in [5, 5.41) is 0. The Balaban J connectivity index is 1.83. The molecular weight excluding hydrogens is 396 g/mol. The van der Waals surface area contributed by atoms with Gasteiger partial charge in [-0.1, -0.05) is 18.7 Å². The van der Waals surface area contributed by atoms with Gasteiger partial charge in [-0.15, -0.1) is 0 Å². The van der Waals surface area contributed by atoms with E-state index >= 15 is 0 Å². The van der Waals surface area contributed by atoms with Gasteiger partial charge in [-0.05, 0) is 70.0 Å². The zero-order valence-corrected chi connectivity index (χ0v) is 15.8. The van der Waals surface area contributed by atoms with E-state index in [9.17, 15) is 4.79 Å². The molecule has 4 nitrogen and oxygen atoms in total. The fourth-order valence-electron chi connectivity index (χ4n) is 2.44. The van der Waals surface area contributed by atoms with Crippen LogP contribution in [0.2, 0.25) is 0 Å². The molecule has 0 atom stereocenters. The van der Waals surface area contributed by atoms with Gasteiger partial charge in [0.1, 0.15) is 23.9 Å². The average Bonchev–Trinajstić information content (AvgIpc) is 3.01. The van der Waals surface area contributed by atoms with E-state index in [1.807, 2.05) is 42.5 Å². The van der Waals surface area contributed by atoms with Crippen LogP contribution in [0.5, 0.6) is 11.5 Å². The number of hydrogen-bond acceptors (Lipinski definition) is 4. The van der Waals surface area contributed by atoms with E-state index in [1.54, 1.807) is 25.3 Å². The Hall–Kier alpha value is -2.79. The van der Waals surface area contributed by atoms with Gasteiger partial charge < -0.3 is 14.2 Å². The van der Waals surface area contributed by atoms with Gasteiger partial charge in [-0.3, -0.25) is 0 Å². The number of halogens is 1. The summed E-state index contributed by atoms with van der Waals surface area (Å²) in [4.78, 5) is 12.2. The van der Waals surface area contributed by atoms with Crippen LogP contribution in [-0.4, -0.2) is 19.7 Å². The van der Waals surface area contributed by atoms with Gasteiger partial charge in [0.25, 0.3) is 0 Å². The minimum atomic E-state index is -0.376. The fourth-order valence-corrected chi connectivity index (χ4v) is 2.95. The van der Waals surface area contributed by atoms with Crippen LogP contribution in [0.15, 0.2) is 71.2 Å². The molecule has 0 amide bonds. The minimum Gasteiger partial charge on any atom is -0.497 e. The standard InChI is InChI=1S/C21H17BrO4/c1-3-10-25-19-9-4-14(12-18(19)22)11-16-13-20(26-21(16)23)15-5-7-17(24-2)8-6-15/h3-9,11-13H,1,10H2,2H3/b16-11+.